The van der Waals surface area contributed by atoms with Crippen molar-refractivity contribution in [2.75, 3.05) is 17.7 Å². The molecule has 0 atom stereocenters. The number of nitrogens with one attached hydrogen (secondary N) is 3. The number of carbonyl (C=O) groups is 2. The van der Waals surface area contributed by atoms with Gasteiger partial charge in [0.15, 0.2) is 5.13 Å². The van der Waals surface area contributed by atoms with Crippen LogP contribution in [0.1, 0.15) is 17.7 Å². The summed E-state index contributed by atoms with van der Waals surface area (Å²) in [7, 11) is -2.18. The van der Waals surface area contributed by atoms with Crippen molar-refractivity contribution in [2.24, 2.45) is 5.14 Å². The summed E-state index contributed by atoms with van der Waals surface area (Å²) in [5.74, 6) is 0.514. The minimum Gasteiger partial charge on any atom is -0.497 e. The zero-order chi connectivity index (χ0) is 23.8. The van der Waals surface area contributed by atoms with Crippen LogP contribution in [0.4, 0.5) is 15.6 Å². The minimum atomic E-state index is -3.74. The number of primary sulfonamides is 1. The van der Waals surface area contributed by atoms with E-state index in [2.05, 4.69) is 20.9 Å². The molecule has 0 unspecified atom stereocenters. The standard InChI is InChI=1S/C21H23N5O5S2/c1-31-17-7-4-15(5-8-17)24-20(28)26-21-25-16(13-32-21)6-11-19(27)23-12-14-2-9-18(10-3-14)33(22,29)30/h2-5,7-10,13H,6,11-12H2,1H3,(H,23,27)(H2,22,29,30)(H2,24,25,26,28). The van der Waals surface area contributed by atoms with Gasteiger partial charge in [0, 0.05) is 24.0 Å². The number of benzene rings is 2. The highest BCUT2D eigenvalue weighted by atomic mass is 32.2. The molecule has 2 aromatic carbocycles. The Kier molecular flexibility index (Phi) is 7.98. The summed E-state index contributed by atoms with van der Waals surface area (Å²) >= 11 is 1.27. The van der Waals surface area contributed by atoms with Crippen molar-refractivity contribution in [3.05, 3.63) is 65.2 Å². The number of ether oxygens (including phenoxy) is 1. The predicted octanol–water partition coefficient (Wildman–Crippen LogP) is 2.69. The average Bonchev–Trinajstić information content (AvgIpc) is 3.23. The molecule has 1 aromatic heterocycles. The molecule has 33 heavy (non-hydrogen) atoms. The molecule has 3 amide bonds. The Balaban J connectivity index is 1.41. The van der Waals surface area contributed by atoms with Crippen molar-refractivity contribution < 1.29 is 22.7 Å². The van der Waals surface area contributed by atoms with E-state index in [1.54, 1.807) is 48.9 Å². The van der Waals surface area contributed by atoms with E-state index in [4.69, 9.17) is 9.88 Å². The quantitative estimate of drug-likeness (QED) is 0.363. The van der Waals surface area contributed by atoms with E-state index in [9.17, 15) is 18.0 Å². The molecule has 0 saturated carbocycles. The second-order valence-electron chi connectivity index (χ2n) is 6.92. The zero-order valence-electron chi connectivity index (χ0n) is 17.7. The molecule has 12 heteroatoms. The van der Waals surface area contributed by atoms with Gasteiger partial charge in [0.2, 0.25) is 15.9 Å². The fourth-order valence-electron chi connectivity index (χ4n) is 2.74. The Morgan fingerprint density at radius 3 is 2.39 bits per heavy atom. The van der Waals surface area contributed by atoms with Gasteiger partial charge in [0.1, 0.15) is 5.75 Å². The smallest absolute Gasteiger partial charge is 0.325 e. The maximum absolute atomic E-state index is 12.1. The highest BCUT2D eigenvalue weighted by Crippen LogP contribution is 2.18. The Morgan fingerprint density at radius 1 is 1.06 bits per heavy atom. The van der Waals surface area contributed by atoms with Crippen LogP contribution in [0.5, 0.6) is 5.75 Å². The third-order valence-corrected chi connectivity index (χ3v) is 6.21. The van der Waals surface area contributed by atoms with Crippen LogP contribution >= 0.6 is 11.3 Å². The number of methoxy groups -OCH3 is 1. The van der Waals surface area contributed by atoms with Crippen molar-refractivity contribution in [1.82, 2.24) is 10.3 Å². The molecule has 0 bridgehead atoms. The van der Waals surface area contributed by atoms with Crippen LogP contribution < -0.4 is 25.8 Å². The first kappa shape index (κ1) is 24.2. The molecule has 3 rings (SSSR count). The van der Waals surface area contributed by atoms with Gasteiger partial charge in [-0.15, -0.1) is 11.3 Å². The molecule has 1 heterocycles. The van der Waals surface area contributed by atoms with E-state index in [0.717, 1.165) is 5.56 Å². The van der Waals surface area contributed by atoms with Crippen molar-refractivity contribution in [1.29, 1.82) is 0 Å². The molecule has 5 N–H and O–H groups in total. The highest BCUT2D eigenvalue weighted by molar-refractivity contribution is 7.89. The number of rotatable bonds is 9. The first-order valence-corrected chi connectivity index (χ1v) is 12.2. The van der Waals surface area contributed by atoms with Gasteiger partial charge >= 0.3 is 6.03 Å². The Morgan fingerprint density at radius 2 is 1.76 bits per heavy atom. The predicted molar refractivity (Wildman–Crippen MR) is 126 cm³/mol. The molecule has 174 valence electrons. The minimum absolute atomic E-state index is 0.0169. The van der Waals surface area contributed by atoms with Gasteiger partial charge in [-0.1, -0.05) is 12.1 Å². The van der Waals surface area contributed by atoms with Crippen LogP contribution in [-0.4, -0.2) is 32.4 Å². The highest BCUT2D eigenvalue weighted by Gasteiger charge is 2.10. The maximum atomic E-state index is 12.1. The number of nitrogens with zero attached hydrogens (tertiary/aromatic N) is 1. The molecular formula is C21H23N5O5S2. The van der Waals surface area contributed by atoms with Crippen LogP contribution in [0.3, 0.4) is 0 Å². The van der Waals surface area contributed by atoms with Gasteiger partial charge < -0.3 is 15.4 Å². The lowest BCUT2D eigenvalue weighted by Gasteiger charge is -2.06. The Hall–Kier alpha value is -3.48. The number of carbonyl (C=O) groups excluding carboxylic acids is 2. The summed E-state index contributed by atoms with van der Waals surface area (Å²) in [5.41, 5.74) is 2.05. The summed E-state index contributed by atoms with van der Waals surface area (Å²) in [6, 6.07) is 12.5. The van der Waals surface area contributed by atoms with Crippen LogP contribution in [0, 0.1) is 0 Å². The first-order valence-electron chi connectivity index (χ1n) is 9.78. The van der Waals surface area contributed by atoms with Crippen LogP contribution in [0.2, 0.25) is 0 Å². The van der Waals surface area contributed by atoms with Gasteiger partial charge in [0.05, 0.1) is 17.7 Å². The number of aromatic nitrogens is 1. The van der Waals surface area contributed by atoms with Crippen molar-refractivity contribution in [2.45, 2.75) is 24.3 Å². The summed E-state index contributed by atoms with van der Waals surface area (Å²) in [6.45, 7) is 0.263. The molecule has 3 aromatic rings. The van der Waals surface area contributed by atoms with Gasteiger partial charge in [-0.05, 0) is 48.4 Å². The number of amides is 3. The number of hydrogen-bond donors (Lipinski definition) is 4. The topological polar surface area (TPSA) is 153 Å². The van der Waals surface area contributed by atoms with E-state index in [-0.39, 0.29) is 23.8 Å². The van der Waals surface area contributed by atoms with E-state index >= 15 is 0 Å². The number of nitrogens with two attached hydrogens (primary N) is 1. The summed E-state index contributed by atoms with van der Waals surface area (Å²) in [5, 5.41) is 15.4. The summed E-state index contributed by atoms with van der Waals surface area (Å²) < 4.78 is 27.6. The number of sulfonamides is 1. The third-order valence-electron chi connectivity index (χ3n) is 4.47. The number of urea groups is 1. The molecular weight excluding hydrogens is 466 g/mol. The van der Waals surface area contributed by atoms with Crippen LogP contribution in [0.15, 0.2) is 58.8 Å². The molecule has 0 fully saturated rings. The maximum Gasteiger partial charge on any atom is 0.325 e. The van der Waals surface area contributed by atoms with Crippen molar-refractivity contribution in [3.8, 4) is 5.75 Å². The van der Waals surface area contributed by atoms with E-state index < -0.39 is 16.1 Å². The lowest BCUT2D eigenvalue weighted by molar-refractivity contribution is -0.121. The molecule has 0 radical (unpaired) electrons. The normalized spacial score (nSPS) is 11.0. The van der Waals surface area contributed by atoms with Crippen molar-refractivity contribution >= 4 is 44.1 Å². The Labute approximate surface area is 195 Å². The second kappa shape index (κ2) is 10.9. The molecule has 0 aliphatic carbocycles. The summed E-state index contributed by atoms with van der Waals surface area (Å²) in [6.07, 6.45) is 0.630. The average molecular weight is 490 g/mol. The van der Waals surface area contributed by atoms with Gasteiger partial charge in [-0.3, -0.25) is 10.1 Å². The third kappa shape index (κ3) is 7.56. The van der Waals surface area contributed by atoms with Crippen molar-refractivity contribution in [3.63, 3.8) is 0 Å². The van der Waals surface area contributed by atoms with Gasteiger partial charge in [-0.2, -0.15) is 0 Å². The van der Waals surface area contributed by atoms with Crippen LogP contribution in [-0.2, 0) is 27.8 Å². The van der Waals surface area contributed by atoms with E-state index in [1.165, 1.54) is 23.5 Å². The zero-order valence-corrected chi connectivity index (χ0v) is 19.3. The van der Waals surface area contributed by atoms with E-state index in [0.29, 0.717) is 28.7 Å². The number of aryl methyl sites for hydroxylation is 1. The Bertz CT molecular complexity index is 1210. The fraction of sp³-hybridized carbons (Fsp3) is 0.190. The molecule has 0 aliphatic rings. The van der Waals surface area contributed by atoms with Crippen LogP contribution in [0.25, 0.3) is 0 Å². The first-order chi connectivity index (χ1) is 15.7. The lowest BCUT2D eigenvalue weighted by atomic mass is 10.2. The van der Waals surface area contributed by atoms with Gasteiger partial charge in [-0.25, -0.2) is 23.3 Å². The molecule has 0 saturated heterocycles. The largest absolute Gasteiger partial charge is 0.497 e. The number of anilines is 2. The SMILES string of the molecule is COc1ccc(NC(=O)Nc2nc(CCC(=O)NCc3ccc(S(N)(=O)=O)cc3)cs2)cc1. The number of thiazole rings is 1. The molecule has 0 spiro atoms. The number of hydrogen-bond acceptors (Lipinski definition) is 7. The summed E-state index contributed by atoms with van der Waals surface area (Å²) in [4.78, 5) is 28.6. The monoisotopic (exact) mass is 489 g/mol. The molecule has 0 aliphatic heterocycles. The fourth-order valence-corrected chi connectivity index (χ4v) is 4.00. The van der Waals surface area contributed by atoms with Gasteiger partial charge in [0.25, 0.3) is 0 Å². The molecule has 10 nitrogen and oxygen atoms in total. The second-order valence-corrected chi connectivity index (χ2v) is 9.34. The lowest BCUT2D eigenvalue weighted by Crippen LogP contribution is -2.23. The van der Waals surface area contributed by atoms with E-state index in [1.807, 2.05) is 0 Å².